The van der Waals surface area contributed by atoms with E-state index >= 15 is 0 Å². The standard InChI is InChI=1S/C15H16N2O4/c1-21-12-4-8-9(5-11(12)18)16-13(19)10-6-15(2-3-15)7-17(10)14(8)20/h4-5,10,18H,2-3,6-7H2,1H3,(H,16,19)/t10-/m0/s1/i1D3. The molecule has 0 unspecified atom stereocenters. The van der Waals surface area contributed by atoms with E-state index < -0.39 is 18.8 Å². The Morgan fingerprint density at radius 1 is 1.48 bits per heavy atom. The number of nitrogens with zero attached hydrogens (tertiary/aromatic N) is 1. The van der Waals surface area contributed by atoms with Gasteiger partial charge in [-0.2, -0.15) is 0 Å². The van der Waals surface area contributed by atoms with Gasteiger partial charge in [-0.05, 0) is 30.7 Å². The minimum Gasteiger partial charge on any atom is -0.504 e. The fraction of sp³-hybridized carbons (Fsp3) is 0.467. The monoisotopic (exact) mass is 291 g/mol. The highest BCUT2D eigenvalue weighted by molar-refractivity contribution is 6.10. The van der Waals surface area contributed by atoms with E-state index in [0.29, 0.717) is 13.0 Å². The van der Waals surface area contributed by atoms with Gasteiger partial charge in [-0.3, -0.25) is 9.59 Å². The number of rotatable bonds is 1. The molecule has 2 amide bonds. The van der Waals surface area contributed by atoms with Crippen LogP contribution in [0.3, 0.4) is 0 Å². The van der Waals surface area contributed by atoms with Gasteiger partial charge in [0.1, 0.15) is 6.04 Å². The third kappa shape index (κ3) is 1.71. The van der Waals surface area contributed by atoms with Crippen molar-refractivity contribution in [2.45, 2.75) is 25.3 Å². The van der Waals surface area contributed by atoms with Gasteiger partial charge in [0.25, 0.3) is 5.91 Å². The average Bonchev–Trinajstić information content (AvgIpc) is 3.11. The number of carbonyl (C=O) groups excluding carboxylic acids is 2. The number of aromatic hydroxyl groups is 1. The Bertz CT molecular complexity index is 758. The summed E-state index contributed by atoms with van der Waals surface area (Å²) in [7, 11) is -2.75. The summed E-state index contributed by atoms with van der Waals surface area (Å²) >= 11 is 0. The van der Waals surface area contributed by atoms with Crippen LogP contribution in [0.15, 0.2) is 12.1 Å². The van der Waals surface area contributed by atoms with Crippen molar-refractivity contribution in [2.24, 2.45) is 5.41 Å². The summed E-state index contributed by atoms with van der Waals surface area (Å²) < 4.78 is 26.2. The summed E-state index contributed by atoms with van der Waals surface area (Å²) in [5.41, 5.74) is 0.352. The Hall–Kier alpha value is -2.24. The van der Waals surface area contributed by atoms with Crippen LogP contribution in [0, 0.1) is 5.41 Å². The van der Waals surface area contributed by atoms with Crippen molar-refractivity contribution in [3.8, 4) is 11.5 Å². The molecule has 1 aromatic carbocycles. The Balaban J connectivity index is 1.75. The maximum Gasteiger partial charge on any atom is 0.256 e. The van der Waals surface area contributed by atoms with Crippen LogP contribution < -0.4 is 10.1 Å². The molecule has 1 spiro atoms. The molecule has 1 atom stereocenters. The first-order chi connectivity index (χ1) is 11.2. The molecular formula is C15H16N2O4. The first-order valence-corrected chi connectivity index (χ1v) is 6.85. The highest BCUT2D eigenvalue weighted by atomic mass is 16.5. The molecule has 2 N–H and O–H groups in total. The van der Waals surface area contributed by atoms with Crippen molar-refractivity contribution in [1.29, 1.82) is 0 Å². The number of hydrogen-bond acceptors (Lipinski definition) is 4. The van der Waals surface area contributed by atoms with Gasteiger partial charge in [-0.15, -0.1) is 0 Å². The van der Waals surface area contributed by atoms with Crippen molar-refractivity contribution in [1.82, 2.24) is 4.90 Å². The van der Waals surface area contributed by atoms with Crippen molar-refractivity contribution in [3.63, 3.8) is 0 Å². The molecule has 6 nitrogen and oxygen atoms in total. The zero-order valence-corrected chi connectivity index (χ0v) is 11.2. The second-order valence-corrected chi connectivity index (χ2v) is 6.11. The van der Waals surface area contributed by atoms with Crippen LogP contribution in [0.1, 0.15) is 33.7 Å². The van der Waals surface area contributed by atoms with Gasteiger partial charge in [0, 0.05) is 12.6 Å². The first kappa shape index (κ1) is 9.65. The number of carbonyl (C=O) groups is 2. The van der Waals surface area contributed by atoms with Crippen molar-refractivity contribution in [2.75, 3.05) is 18.9 Å². The highest BCUT2D eigenvalue weighted by Crippen LogP contribution is 2.55. The Kier molecular flexibility index (Phi) is 1.79. The van der Waals surface area contributed by atoms with Crippen LogP contribution in [-0.4, -0.2) is 41.4 Å². The normalized spacial score (nSPS) is 27.9. The molecule has 110 valence electrons. The topological polar surface area (TPSA) is 78.9 Å². The van der Waals surface area contributed by atoms with Crippen LogP contribution in [0.4, 0.5) is 5.69 Å². The largest absolute Gasteiger partial charge is 0.504 e. The van der Waals surface area contributed by atoms with E-state index in [9.17, 15) is 14.7 Å². The number of nitrogens with one attached hydrogen (secondary N) is 1. The van der Waals surface area contributed by atoms with Gasteiger partial charge in [-0.25, -0.2) is 0 Å². The molecule has 6 heteroatoms. The Morgan fingerprint density at radius 2 is 2.29 bits per heavy atom. The number of amides is 2. The van der Waals surface area contributed by atoms with Gasteiger partial charge < -0.3 is 20.1 Å². The predicted octanol–water partition coefficient (Wildman–Crippen LogP) is 1.35. The number of anilines is 1. The molecule has 21 heavy (non-hydrogen) atoms. The van der Waals surface area contributed by atoms with E-state index in [1.54, 1.807) is 4.90 Å². The maximum atomic E-state index is 12.9. The van der Waals surface area contributed by atoms with E-state index in [0.717, 1.165) is 18.9 Å². The van der Waals surface area contributed by atoms with Crippen molar-refractivity contribution >= 4 is 17.5 Å². The Morgan fingerprint density at radius 3 is 3.00 bits per heavy atom. The number of phenols is 1. The molecule has 0 aromatic heterocycles. The summed E-state index contributed by atoms with van der Waals surface area (Å²) in [5.74, 6) is -1.39. The number of fused-ring (bicyclic) bond motifs is 2. The first-order valence-electron chi connectivity index (χ1n) is 8.35. The summed E-state index contributed by atoms with van der Waals surface area (Å²) in [6.45, 7) is 0.527. The number of methoxy groups -OCH3 is 1. The molecule has 2 fully saturated rings. The second-order valence-electron chi connectivity index (χ2n) is 6.11. The third-order valence-corrected chi connectivity index (χ3v) is 4.73. The zero-order valence-electron chi connectivity index (χ0n) is 14.2. The van der Waals surface area contributed by atoms with E-state index in [1.807, 2.05) is 0 Å². The fourth-order valence-electron chi connectivity index (χ4n) is 3.34. The van der Waals surface area contributed by atoms with Gasteiger partial charge in [0.15, 0.2) is 11.5 Å². The predicted molar refractivity (Wildman–Crippen MR) is 74.4 cm³/mol. The molecular weight excluding hydrogens is 272 g/mol. The molecule has 0 bridgehead atoms. The molecule has 1 saturated carbocycles. The molecule has 1 saturated heterocycles. The van der Waals surface area contributed by atoms with Crippen LogP contribution in [0.2, 0.25) is 0 Å². The fourth-order valence-corrected chi connectivity index (χ4v) is 3.34. The van der Waals surface area contributed by atoms with Crippen LogP contribution >= 0.6 is 0 Å². The quantitative estimate of drug-likeness (QED) is 0.818. The summed E-state index contributed by atoms with van der Waals surface area (Å²) in [5, 5.41) is 12.6. The molecule has 4 rings (SSSR count). The average molecular weight is 291 g/mol. The zero-order chi connectivity index (χ0) is 17.3. The molecule has 2 aliphatic heterocycles. The Labute approximate surface area is 125 Å². The minimum atomic E-state index is -2.75. The minimum absolute atomic E-state index is 0.0596. The molecule has 2 heterocycles. The summed E-state index contributed by atoms with van der Waals surface area (Å²) in [4.78, 5) is 26.8. The van der Waals surface area contributed by atoms with Crippen molar-refractivity contribution in [3.05, 3.63) is 17.7 Å². The molecule has 3 aliphatic rings. The second kappa shape index (κ2) is 3.90. The number of ether oxygens (including phenoxy) is 1. The van der Waals surface area contributed by atoms with E-state index in [4.69, 9.17) is 8.85 Å². The number of hydrogen-bond donors (Lipinski definition) is 2. The van der Waals surface area contributed by atoms with E-state index in [1.165, 1.54) is 6.07 Å². The third-order valence-electron chi connectivity index (χ3n) is 4.73. The smallest absolute Gasteiger partial charge is 0.256 e. The lowest BCUT2D eigenvalue weighted by atomic mass is 10.0. The van der Waals surface area contributed by atoms with Gasteiger partial charge in [0.2, 0.25) is 5.91 Å². The number of phenolic OH excluding ortho intramolecular Hbond substituents is 1. The maximum absolute atomic E-state index is 12.9. The lowest BCUT2D eigenvalue weighted by Crippen LogP contribution is -2.40. The highest BCUT2D eigenvalue weighted by Gasteiger charge is 2.56. The SMILES string of the molecule is [2H]C([2H])([2H])Oc1cc2c(cc1O)NC(=O)[C@@H]1CC3(CC3)CN1C2=O. The lowest BCUT2D eigenvalue weighted by molar-refractivity contribution is -0.119. The van der Waals surface area contributed by atoms with Crippen LogP contribution in [0.25, 0.3) is 0 Å². The molecule has 1 aromatic rings. The van der Waals surface area contributed by atoms with Crippen molar-refractivity contribution < 1.29 is 23.5 Å². The lowest BCUT2D eigenvalue weighted by Gasteiger charge is -2.20. The van der Waals surface area contributed by atoms with Crippen LogP contribution in [0.5, 0.6) is 11.5 Å². The number of benzene rings is 1. The summed E-state index contributed by atoms with van der Waals surface area (Å²) in [6, 6.07) is 1.81. The van der Waals surface area contributed by atoms with Crippen LogP contribution in [-0.2, 0) is 4.79 Å². The van der Waals surface area contributed by atoms with E-state index in [-0.39, 0.29) is 34.2 Å². The van der Waals surface area contributed by atoms with E-state index in [2.05, 4.69) is 5.32 Å². The van der Waals surface area contributed by atoms with Gasteiger partial charge >= 0.3 is 0 Å². The van der Waals surface area contributed by atoms with Gasteiger partial charge in [-0.1, -0.05) is 0 Å². The molecule has 1 aliphatic carbocycles. The summed E-state index contributed by atoms with van der Waals surface area (Å²) in [6.07, 6.45) is 2.66. The molecule has 0 radical (unpaired) electrons. The van der Waals surface area contributed by atoms with Gasteiger partial charge in [0.05, 0.1) is 22.4 Å².